The molecule has 21 heavy (non-hydrogen) atoms. The van der Waals surface area contributed by atoms with Gasteiger partial charge in [-0.15, -0.1) is 0 Å². The zero-order valence-electron chi connectivity index (χ0n) is 12.9. The quantitative estimate of drug-likeness (QED) is 0.306. The number of esters is 1. The highest BCUT2D eigenvalue weighted by Crippen LogP contribution is 2.08. The maximum absolute atomic E-state index is 11.4. The van der Waals surface area contributed by atoms with Crippen LogP contribution in [0.1, 0.15) is 64.7 Å². The van der Waals surface area contributed by atoms with Gasteiger partial charge in [0.25, 0.3) is 10.1 Å². The summed E-state index contributed by atoms with van der Waals surface area (Å²) in [7, 11) is -4.08. The Kier molecular flexibility index (Phi) is 11.6. The smallest absolute Gasteiger partial charge is 0.322 e. The van der Waals surface area contributed by atoms with Crippen LogP contribution in [0.5, 0.6) is 0 Å². The first-order chi connectivity index (χ1) is 9.87. The molecule has 0 amide bonds. The molecule has 1 unspecified atom stereocenters. The van der Waals surface area contributed by atoms with Gasteiger partial charge in [0.2, 0.25) is 0 Å². The van der Waals surface area contributed by atoms with Gasteiger partial charge in [0.1, 0.15) is 6.04 Å². The van der Waals surface area contributed by atoms with E-state index in [4.69, 9.17) is 15.0 Å². The highest BCUT2D eigenvalue weighted by Gasteiger charge is 2.17. The first kappa shape index (κ1) is 20.3. The van der Waals surface area contributed by atoms with Crippen LogP contribution in [0.15, 0.2) is 0 Å². The van der Waals surface area contributed by atoms with E-state index in [9.17, 15) is 13.2 Å². The number of unbranched alkanes of at least 4 members (excludes halogenated alkanes) is 7. The number of nitrogens with two attached hydrogens (primary N) is 1. The van der Waals surface area contributed by atoms with Gasteiger partial charge in [-0.1, -0.05) is 51.9 Å². The van der Waals surface area contributed by atoms with Crippen molar-refractivity contribution in [3.05, 3.63) is 0 Å². The summed E-state index contributed by atoms with van der Waals surface area (Å²) in [5.41, 5.74) is 5.48. The molecule has 0 aliphatic rings. The van der Waals surface area contributed by atoms with E-state index in [1.807, 2.05) is 0 Å². The number of carbonyl (C=O) groups excluding carboxylic acids is 1. The molecule has 0 aromatic carbocycles. The third-order valence-electron chi connectivity index (χ3n) is 3.23. The maximum atomic E-state index is 11.4. The summed E-state index contributed by atoms with van der Waals surface area (Å²) < 4.78 is 34.6. The lowest BCUT2D eigenvalue weighted by Gasteiger charge is -2.10. The summed E-state index contributed by atoms with van der Waals surface area (Å²) in [4.78, 5) is 11.4. The molecule has 0 aromatic rings. The number of ether oxygens (including phenoxy) is 1. The van der Waals surface area contributed by atoms with Crippen molar-refractivity contribution in [2.24, 2.45) is 5.73 Å². The second kappa shape index (κ2) is 11.9. The van der Waals surface area contributed by atoms with Crippen molar-refractivity contribution >= 4 is 16.1 Å². The van der Waals surface area contributed by atoms with Gasteiger partial charge in [-0.25, -0.2) is 0 Å². The SMILES string of the molecule is CCCCCCCCCCOC(=O)C(N)CCS(=O)(=O)O. The van der Waals surface area contributed by atoms with Gasteiger partial charge in [0.15, 0.2) is 0 Å². The predicted molar refractivity (Wildman–Crippen MR) is 82.6 cm³/mol. The van der Waals surface area contributed by atoms with E-state index in [2.05, 4.69) is 6.92 Å². The molecule has 0 aliphatic heterocycles. The lowest BCUT2D eigenvalue weighted by molar-refractivity contribution is -0.145. The summed E-state index contributed by atoms with van der Waals surface area (Å²) in [6, 6.07) is -0.999. The first-order valence-corrected chi connectivity index (χ1v) is 9.35. The summed E-state index contributed by atoms with van der Waals surface area (Å²) in [5, 5.41) is 0. The van der Waals surface area contributed by atoms with Crippen molar-refractivity contribution in [3.63, 3.8) is 0 Å². The molecule has 0 saturated heterocycles. The van der Waals surface area contributed by atoms with E-state index in [0.717, 1.165) is 19.3 Å². The average Bonchev–Trinajstić information content (AvgIpc) is 2.41. The van der Waals surface area contributed by atoms with Crippen LogP contribution in [0.25, 0.3) is 0 Å². The molecule has 1 atom stereocenters. The molecule has 0 spiro atoms. The molecule has 0 heterocycles. The van der Waals surface area contributed by atoms with E-state index in [0.29, 0.717) is 6.61 Å². The lowest BCUT2D eigenvalue weighted by Crippen LogP contribution is -2.34. The third kappa shape index (κ3) is 14.1. The van der Waals surface area contributed by atoms with Gasteiger partial charge >= 0.3 is 5.97 Å². The van der Waals surface area contributed by atoms with Crippen molar-refractivity contribution in [1.82, 2.24) is 0 Å². The Morgan fingerprint density at radius 3 is 2.14 bits per heavy atom. The van der Waals surface area contributed by atoms with E-state index in [1.165, 1.54) is 32.1 Å². The largest absolute Gasteiger partial charge is 0.465 e. The topological polar surface area (TPSA) is 107 Å². The van der Waals surface area contributed by atoms with Crippen LogP contribution in [0.3, 0.4) is 0 Å². The number of hydrogen-bond acceptors (Lipinski definition) is 5. The Balaban J connectivity index is 3.48. The minimum Gasteiger partial charge on any atom is -0.465 e. The van der Waals surface area contributed by atoms with Crippen LogP contribution in [-0.2, 0) is 19.6 Å². The molecular formula is C14H29NO5S. The molecule has 0 fully saturated rings. The van der Waals surface area contributed by atoms with Crippen LogP contribution >= 0.6 is 0 Å². The number of hydrogen-bond donors (Lipinski definition) is 2. The molecule has 0 bridgehead atoms. The van der Waals surface area contributed by atoms with E-state index >= 15 is 0 Å². The van der Waals surface area contributed by atoms with Crippen LogP contribution in [0, 0.1) is 0 Å². The molecule has 0 aliphatic carbocycles. The van der Waals surface area contributed by atoms with Crippen molar-refractivity contribution in [1.29, 1.82) is 0 Å². The van der Waals surface area contributed by atoms with Gasteiger partial charge in [-0.3, -0.25) is 9.35 Å². The molecule has 0 radical (unpaired) electrons. The Morgan fingerprint density at radius 1 is 1.10 bits per heavy atom. The van der Waals surface area contributed by atoms with Gasteiger partial charge in [0.05, 0.1) is 12.4 Å². The third-order valence-corrected chi connectivity index (χ3v) is 3.98. The van der Waals surface area contributed by atoms with Crippen molar-refractivity contribution in [2.45, 2.75) is 70.8 Å². The molecule has 6 nitrogen and oxygen atoms in total. The lowest BCUT2D eigenvalue weighted by atomic mass is 10.1. The summed E-state index contributed by atoms with van der Waals surface area (Å²) >= 11 is 0. The van der Waals surface area contributed by atoms with Gasteiger partial charge in [-0.05, 0) is 12.8 Å². The first-order valence-electron chi connectivity index (χ1n) is 7.74. The molecule has 0 rings (SSSR count). The van der Waals surface area contributed by atoms with Crippen LogP contribution in [-0.4, -0.2) is 37.3 Å². The molecule has 0 saturated carbocycles. The second-order valence-electron chi connectivity index (χ2n) is 5.32. The minimum atomic E-state index is -4.08. The Labute approximate surface area is 128 Å². The molecule has 126 valence electrons. The number of carbonyl (C=O) groups is 1. The van der Waals surface area contributed by atoms with Crippen molar-refractivity contribution < 1.29 is 22.5 Å². The summed E-state index contributed by atoms with van der Waals surface area (Å²) in [6.45, 7) is 2.50. The normalized spacial score (nSPS) is 13.1. The minimum absolute atomic E-state index is 0.130. The highest BCUT2D eigenvalue weighted by atomic mass is 32.2. The van der Waals surface area contributed by atoms with E-state index < -0.39 is 27.9 Å². The fourth-order valence-electron chi connectivity index (χ4n) is 1.91. The van der Waals surface area contributed by atoms with Crippen LogP contribution < -0.4 is 5.73 Å². The molecule has 7 heteroatoms. The van der Waals surface area contributed by atoms with E-state index in [-0.39, 0.29) is 6.42 Å². The predicted octanol–water partition coefficient (Wildman–Crippen LogP) is 2.28. The Bertz CT molecular complexity index is 370. The Morgan fingerprint density at radius 2 is 1.62 bits per heavy atom. The monoisotopic (exact) mass is 323 g/mol. The zero-order chi connectivity index (χ0) is 16.1. The van der Waals surface area contributed by atoms with Crippen LogP contribution in [0.4, 0.5) is 0 Å². The molecule has 3 N–H and O–H groups in total. The maximum Gasteiger partial charge on any atom is 0.322 e. The van der Waals surface area contributed by atoms with Gasteiger partial charge < -0.3 is 10.5 Å². The van der Waals surface area contributed by atoms with Gasteiger partial charge in [-0.2, -0.15) is 8.42 Å². The van der Waals surface area contributed by atoms with E-state index in [1.54, 1.807) is 0 Å². The molecular weight excluding hydrogens is 294 g/mol. The fraction of sp³-hybridized carbons (Fsp3) is 0.929. The summed E-state index contributed by atoms with van der Waals surface area (Å²) in [6.07, 6.45) is 9.10. The van der Waals surface area contributed by atoms with Crippen molar-refractivity contribution in [2.75, 3.05) is 12.4 Å². The summed E-state index contributed by atoms with van der Waals surface area (Å²) in [5.74, 6) is -1.14. The average molecular weight is 323 g/mol. The molecule has 0 aromatic heterocycles. The zero-order valence-corrected chi connectivity index (χ0v) is 13.7. The fourth-order valence-corrected chi connectivity index (χ4v) is 2.46. The van der Waals surface area contributed by atoms with Crippen molar-refractivity contribution in [3.8, 4) is 0 Å². The van der Waals surface area contributed by atoms with Crippen LogP contribution in [0.2, 0.25) is 0 Å². The van der Waals surface area contributed by atoms with Gasteiger partial charge in [0, 0.05) is 0 Å². The standard InChI is InChI=1S/C14H29NO5S/c1-2-3-4-5-6-7-8-9-11-20-14(16)13(15)10-12-21(17,18)19/h13H,2-12,15H2,1H3,(H,17,18,19). The Hall–Kier alpha value is -0.660. The number of rotatable bonds is 13. The highest BCUT2D eigenvalue weighted by molar-refractivity contribution is 7.85. The second-order valence-corrected chi connectivity index (χ2v) is 6.90.